The normalized spacial score (nSPS) is 14.7. The van der Waals surface area contributed by atoms with Crippen LogP contribution < -0.4 is 20.7 Å². The van der Waals surface area contributed by atoms with Gasteiger partial charge in [-0.3, -0.25) is 9.59 Å². The highest BCUT2D eigenvalue weighted by atomic mass is 32.2. The van der Waals surface area contributed by atoms with Crippen LogP contribution in [0.2, 0.25) is 0 Å². The fourth-order valence-corrected chi connectivity index (χ4v) is 3.84. The molecule has 1 aliphatic heterocycles. The van der Waals surface area contributed by atoms with E-state index in [1.54, 1.807) is 6.92 Å². The average molecular weight is 471 g/mol. The van der Waals surface area contributed by atoms with E-state index in [1.165, 1.54) is 11.8 Å². The number of fused-ring (bicyclic) bond motifs is 1. The van der Waals surface area contributed by atoms with Crippen LogP contribution in [0.25, 0.3) is 0 Å². The number of thioether (sulfide) groups is 1. The first kappa shape index (κ1) is 25.7. The van der Waals surface area contributed by atoms with Gasteiger partial charge in [0.2, 0.25) is 11.8 Å². The van der Waals surface area contributed by atoms with E-state index in [2.05, 4.69) is 20.8 Å². The number of hydrogen-bond donors (Lipinski definition) is 4. The Labute approximate surface area is 190 Å². The molecule has 178 valence electrons. The number of benzene rings is 1. The number of nitrogens with one attached hydrogen (secondary N) is 3. The molecule has 1 heterocycles. The quantitative estimate of drug-likeness (QED) is 0.174. The molecular weight excluding hydrogens is 440 g/mol. The molecule has 2 rings (SSSR count). The van der Waals surface area contributed by atoms with Gasteiger partial charge < -0.3 is 30.6 Å². The van der Waals surface area contributed by atoms with Gasteiger partial charge in [0.1, 0.15) is 25.1 Å². The van der Waals surface area contributed by atoms with Gasteiger partial charge in [-0.25, -0.2) is 0 Å². The van der Waals surface area contributed by atoms with Crippen molar-refractivity contribution in [2.75, 3.05) is 43.9 Å². The number of anilines is 1. The first-order chi connectivity index (χ1) is 15.3. The molecule has 4 N–H and O–H groups in total. The Morgan fingerprint density at radius 2 is 2.16 bits per heavy atom. The molecule has 0 radical (unpaired) electrons. The first-order valence-corrected chi connectivity index (χ1v) is 11.4. The van der Waals surface area contributed by atoms with Crippen LogP contribution in [-0.2, 0) is 20.8 Å². The number of carbonyl (C=O) groups excluding carboxylic acids is 2. The maximum atomic E-state index is 12.0. The monoisotopic (exact) mass is 470 g/mol. The lowest BCUT2D eigenvalue weighted by Crippen LogP contribution is -2.39. The van der Waals surface area contributed by atoms with Crippen LogP contribution in [0.15, 0.2) is 12.1 Å². The highest BCUT2D eigenvalue weighted by Gasteiger charge is 2.20. The second-order valence-corrected chi connectivity index (χ2v) is 8.82. The Hall–Kier alpha value is -2.57. The van der Waals surface area contributed by atoms with Gasteiger partial charge in [0, 0.05) is 43.1 Å². The van der Waals surface area contributed by atoms with Crippen LogP contribution in [-0.4, -0.2) is 72.0 Å². The third kappa shape index (κ3) is 8.89. The zero-order chi connectivity index (χ0) is 23.5. The van der Waals surface area contributed by atoms with Gasteiger partial charge in [0.25, 0.3) is 5.09 Å². The molecule has 1 aromatic rings. The zero-order valence-electron chi connectivity index (χ0n) is 18.2. The van der Waals surface area contributed by atoms with E-state index in [0.717, 1.165) is 16.8 Å². The van der Waals surface area contributed by atoms with Crippen LogP contribution in [0, 0.1) is 17.0 Å². The smallest absolute Gasteiger partial charge is 0.294 e. The molecule has 12 heteroatoms. The second kappa shape index (κ2) is 13.1. The molecule has 0 saturated heterocycles. The topological polar surface area (TPSA) is 152 Å². The third-order valence-corrected chi connectivity index (χ3v) is 5.78. The summed E-state index contributed by atoms with van der Waals surface area (Å²) in [5.74, 6) is 0.831. The predicted octanol–water partition coefficient (Wildman–Crippen LogP) is 0.655. The van der Waals surface area contributed by atoms with Crippen molar-refractivity contribution in [1.82, 2.24) is 10.6 Å². The zero-order valence-corrected chi connectivity index (χ0v) is 19.0. The second-order valence-electron chi connectivity index (χ2n) is 7.37. The van der Waals surface area contributed by atoms with E-state index in [4.69, 9.17) is 4.74 Å². The van der Waals surface area contributed by atoms with Gasteiger partial charge in [-0.2, -0.15) is 0 Å². The molecule has 1 aliphatic rings. The Morgan fingerprint density at radius 1 is 1.38 bits per heavy atom. The Balaban J connectivity index is 1.61. The van der Waals surface area contributed by atoms with Gasteiger partial charge >= 0.3 is 0 Å². The third-order valence-electron chi connectivity index (χ3n) is 4.66. The van der Waals surface area contributed by atoms with Crippen LogP contribution in [0.1, 0.15) is 24.5 Å². The Morgan fingerprint density at radius 3 is 2.91 bits per heavy atom. The van der Waals surface area contributed by atoms with Crippen LogP contribution in [0.4, 0.5) is 5.69 Å². The molecule has 0 fully saturated rings. The van der Waals surface area contributed by atoms with Crippen molar-refractivity contribution in [2.45, 2.75) is 38.0 Å². The number of nitrogens with zero attached hydrogens (tertiary/aromatic N) is 1. The minimum Gasteiger partial charge on any atom is -0.490 e. The number of aliphatic hydroxyl groups is 1. The van der Waals surface area contributed by atoms with Gasteiger partial charge in [0.05, 0.1) is 5.25 Å². The minimum absolute atomic E-state index is 0.0118. The van der Waals surface area contributed by atoms with Crippen LogP contribution in [0.5, 0.6) is 5.75 Å². The van der Waals surface area contributed by atoms with E-state index in [9.17, 15) is 24.8 Å². The summed E-state index contributed by atoms with van der Waals surface area (Å²) < 4.78 is 5.80. The molecule has 2 amide bonds. The maximum Gasteiger partial charge on any atom is 0.294 e. The first-order valence-electron chi connectivity index (χ1n) is 10.4. The lowest BCUT2D eigenvalue weighted by atomic mass is 10.00. The number of amides is 2. The molecule has 0 aromatic heterocycles. The van der Waals surface area contributed by atoms with Gasteiger partial charge in [-0.05, 0) is 38.0 Å². The number of carbonyl (C=O) groups is 2. The number of aryl methyl sites for hydroxylation is 1. The van der Waals surface area contributed by atoms with Crippen molar-refractivity contribution in [3.05, 3.63) is 33.4 Å². The molecule has 2 atom stereocenters. The summed E-state index contributed by atoms with van der Waals surface area (Å²) >= 11 is 1.27. The van der Waals surface area contributed by atoms with Crippen molar-refractivity contribution in [3.8, 4) is 5.75 Å². The summed E-state index contributed by atoms with van der Waals surface area (Å²) in [5.41, 5.74) is 2.66. The van der Waals surface area contributed by atoms with Crippen molar-refractivity contribution < 1.29 is 29.4 Å². The predicted molar refractivity (Wildman–Crippen MR) is 120 cm³/mol. The molecule has 0 spiro atoms. The Kier molecular flexibility index (Phi) is 10.5. The SMILES string of the molecule is Cc1cc2c(c(OCC(O)CNCCNC(=O)C(C)SCCO[N+](=O)[O-])c1)CCC(=O)N2. The standard InChI is InChI=1S/C20H30N4O7S/c1-13-9-17-16(3-4-19(26)23-17)18(10-13)30-12-15(25)11-21-5-6-22-20(27)14(2)32-8-7-31-24(28)29/h9-10,14-15,21,25H,3-8,11-12H2,1-2H3,(H,22,27)(H,23,26). The molecule has 0 bridgehead atoms. The molecule has 11 nitrogen and oxygen atoms in total. The summed E-state index contributed by atoms with van der Waals surface area (Å²) in [6.07, 6.45) is 0.271. The minimum atomic E-state index is -0.857. The summed E-state index contributed by atoms with van der Waals surface area (Å²) in [6, 6.07) is 3.81. The molecule has 1 aromatic carbocycles. The summed E-state index contributed by atoms with van der Waals surface area (Å²) in [5, 5.41) is 27.7. The fourth-order valence-electron chi connectivity index (χ4n) is 3.08. The largest absolute Gasteiger partial charge is 0.490 e. The average Bonchev–Trinajstić information content (AvgIpc) is 2.73. The van der Waals surface area contributed by atoms with Gasteiger partial charge in [-0.15, -0.1) is 21.9 Å². The van der Waals surface area contributed by atoms with Crippen molar-refractivity contribution in [2.24, 2.45) is 0 Å². The number of aliphatic hydroxyl groups excluding tert-OH is 1. The number of ether oxygens (including phenoxy) is 1. The lowest BCUT2D eigenvalue weighted by molar-refractivity contribution is -0.756. The fraction of sp³-hybridized carbons (Fsp3) is 0.600. The summed E-state index contributed by atoms with van der Waals surface area (Å²) in [4.78, 5) is 37.8. The molecule has 0 aliphatic carbocycles. The number of rotatable bonds is 14. The van der Waals surface area contributed by atoms with E-state index in [1.807, 2.05) is 19.1 Å². The maximum absolute atomic E-state index is 12.0. The van der Waals surface area contributed by atoms with E-state index in [-0.39, 0.29) is 30.3 Å². The highest BCUT2D eigenvalue weighted by Crippen LogP contribution is 2.32. The lowest BCUT2D eigenvalue weighted by Gasteiger charge is -2.22. The van der Waals surface area contributed by atoms with Crippen LogP contribution in [0.3, 0.4) is 0 Å². The van der Waals surface area contributed by atoms with Gasteiger partial charge in [-0.1, -0.05) is 0 Å². The Bertz CT molecular complexity index is 808. The molecular formula is C20H30N4O7S. The van der Waals surface area contributed by atoms with E-state index < -0.39 is 11.2 Å². The molecule has 0 saturated carbocycles. The van der Waals surface area contributed by atoms with Crippen LogP contribution >= 0.6 is 11.8 Å². The molecule has 32 heavy (non-hydrogen) atoms. The van der Waals surface area contributed by atoms with Crippen molar-refractivity contribution in [3.63, 3.8) is 0 Å². The van der Waals surface area contributed by atoms with Crippen molar-refractivity contribution in [1.29, 1.82) is 0 Å². The van der Waals surface area contributed by atoms with E-state index in [0.29, 0.717) is 44.0 Å². The highest BCUT2D eigenvalue weighted by molar-refractivity contribution is 8.00. The summed E-state index contributed by atoms with van der Waals surface area (Å²) in [6.45, 7) is 4.82. The van der Waals surface area contributed by atoms with Crippen molar-refractivity contribution >= 4 is 29.3 Å². The number of hydrogen-bond acceptors (Lipinski definition) is 9. The van der Waals surface area contributed by atoms with E-state index >= 15 is 0 Å². The molecule has 2 unspecified atom stereocenters. The summed E-state index contributed by atoms with van der Waals surface area (Å²) in [7, 11) is 0. The van der Waals surface area contributed by atoms with Gasteiger partial charge in [0.15, 0.2) is 0 Å².